The van der Waals surface area contributed by atoms with Crippen LogP contribution in [0.3, 0.4) is 0 Å². The van der Waals surface area contributed by atoms with Gasteiger partial charge < -0.3 is 9.84 Å². The summed E-state index contributed by atoms with van der Waals surface area (Å²) in [7, 11) is -3.84. The number of sulfonamides is 1. The topological polar surface area (TPSA) is 123 Å². The molecule has 0 amide bonds. The molecular formula is C31H36N4O5S. The second-order valence-electron chi connectivity index (χ2n) is 10.6. The van der Waals surface area contributed by atoms with E-state index in [0.717, 1.165) is 16.7 Å². The Labute approximate surface area is 241 Å². The zero-order valence-corrected chi connectivity index (χ0v) is 24.6. The number of aryl methyl sites for hydroxylation is 2. The van der Waals surface area contributed by atoms with Gasteiger partial charge in [0.1, 0.15) is 5.69 Å². The van der Waals surface area contributed by atoms with Gasteiger partial charge in [0.05, 0.1) is 29.2 Å². The van der Waals surface area contributed by atoms with Gasteiger partial charge in [0.15, 0.2) is 0 Å². The Bertz CT molecular complexity index is 1600. The van der Waals surface area contributed by atoms with Crippen LogP contribution < -0.4 is 4.72 Å². The standard InChI is InChI=1S/C31H36N4O5S/c1-5-35-20-27(33-34-35)21-40-29(31(3,4)30(36)37)25-16-15-22(2)26(18-25)19-32-41(38,39)28-14-10-9-13-24(28)17-23-11-7-6-8-12-23/h6-16,18,20,29,32H,5,17,19,21H2,1-4H3,(H,36,37). The van der Waals surface area contributed by atoms with Gasteiger partial charge in [-0.25, -0.2) is 13.1 Å². The van der Waals surface area contributed by atoms with Crippen LogP contribution in [0.5, 0.6) is 0 Å². The minimum atomic E-state index is -3.84. The average molecular weight is 577 g/mol. The Morgan fingerprint density at radius 2 is 1.76 bits per heavy atom. The minimum absolute atomic E-state index is 0.0344. The largest absolute Gasteiger partial charge is 0.481 e. The normalized spacial score (nSPS) is 12.8. The monoisotopic (exact) mass is 576 g/mol. The fourth-order valence-corrected chi connectivity index (χ4v) is 5.83. The maximum atomic E-state index is 13.5. The van der Waals surface area contributed by atoms with Crippen LogP contribution in [0.4, 0.5) is 0 Å². The number of ether oxygens (including phenoxy) is 1. The van der Waals surface area contributed by atoms with Gasteiger partial charge >= 0.3 is 5.97 Å². The van der Waals surface area contributed by atoms with Gasteiger partial charge in [-0.2, -0.15) is 0 Å². The van der Waals surface area contributed by atoms with Crippen molar-refractivity contribution in [3.63, 3.8) is 0 Å². The maximum Gasteiger partial charge on any atom is 0.312 e. The molecular weight excluding hydrogens is 540 g/mol. The summed E-state index contributed by atoms with van der Waals surface area (Å²) < 4.78 is 37.5. The molecule has 216 valence electrons. The summed E-state index contributed by atoms with van der Waals surface area (Å²) in [6.07, 6.45) is 1.42. The molecule has 1 atom stereocenters. The van der Waals surface area contributed by atoms with Crippen LogP contribution in [0.2, 0.25) is 0 Å². The van der Waals surface area contributed by atoms with E-state index >= 15 is 0 Å². The molecule has 1 heterocycles. The Morgan fingerprint density at radius 1 is 1.05 bits per heavy atom. The molecule has 0 aliphatic rings. The Hall–Kier alpha value is -3.86. The number of hydrogen-bond donors (Lipinski definition) is 2. The van der Waals surface area contributed by atoms with Crippen LogP contribution in [0.1, 0.15) is 60.4 Å². The molecule has 0 fully saturated rings. The highest BCUT2D eigenvalue weighted by Crippen LogP contribution is 2.38. The molecule has 0 saturated carbocycles. The van der Waals surface area contributed by atoms with Gasteiger partial charge in [-0.15, -0.1) is 5.10 Å². The molecule has 4 rings (SSSR count). The number of rotatable bonds is 13. The fraction of sp³-hybridized carbons (Fsp3) is 0.323. The molecule has 1 aromatic heterocycles. The van der Waals surface area contributed by atoms with Gasteiger partial charge in [0.25, 0.3) is 0 Å². The number of aromatic nitrogens is 3. The number of carboxylic acids is 1. The third kappa shape index (κ3) is 7.27. The number of benzene rings is 3. The lowest BCUT2D eigenvalue weighted by Gasteiger charge is -2.31. The molecule has 3 aromatic carbocycles. The molecule has 2 N–H and O–H groups in total. The lowest BCUT2D eigenvalue weighted by Crippen LogP contribution is -2.33. The van der Waals surface area contributed by atoms with Crippen LogP contribution in [-0.4, -0.2) is 34.5 Å². The van der Waals surface area contributed by atoms with E-state index in [0.29, 0.717) is 29.8 Å². The van der Waals surface area contributed by atoms with E-state index in [4.69, 9.17) is 4.74 Å². The minimum Gasteiger partial charge on any atom is -0.481 e. The van der Waals surface area contributed by atoms with Crippen molar-refractivity contribution in [2.75, 3.05) is 0 Å². The lowest BCUT2D eigenvalue weighted by molar-refractivity contribution is -0.158. The van der Waals surface area contributed by atoms with E-state index in [-0.39, 0.29) is 18.0 Å². The summed E-state index contributed by atoms with van der Waals surface area (Å²) >= 11 is 0. The van der Waals surface area contributed by atoms with E-state index in [2.05, 4.69) is 15.0 Å². The molecule has 9 nitrogen and oxygen atoms in total. The highest BCUT2D eigenvalue weighted by molar-refractivity contribution is 7.89. The zero-order chi connectivity index (χ0) is 29.6. The molecule has 0 radical (unpaired) electrons. The van der Waals surface area contributed by atoms with Crippen LogP contribution in [0.15, 0.2) is 83.9 Å². The van der Waals surface area contributed by atoms with Crippen LogP contribution in [-0.2, 0) is 45.7 Å². The van der Waals surface area contributed by atoms with Crippen molar-refractivity contribution in [2.45, 2.75) is 64.8 Å². The van der Waals surface area contributed by atoms with E-state index in [1.165, 1.54) is 0 Å². The Kier molecular flexibility index (Phi) is 9.37. The molecule has 10 heteroatoms. The first-order valence-corrected chi connectivity index (χ1v) is 14.9. The van der Waals surface area contributed by atoms with E-state index in [1.807, 2.05) is 74.5 Å². The second kappa shape index (κ2) is 12.8. The fourth-order valence-electron chi connectivity index (χ4n) is 4.58. The third-order valence-corrected chi connectivity index (χ3v) is 8.64. The highest BCUT2D eigenvalue weighted by atomic mass is 32.2. The van der Waals surface area contributed by atoms with Crippen molar-refractivity contribution in [1.82, 2.24) is 19.7 Å². The molecule has 0 aliphatic heterocycles. The van der Waals surface area contributed by atoms with E-state index < -0.39 is 27.5 Å². The summed E-state index contributed by atoms with van der Waals surface area (Å²) in [6, 6.07) is 22.2. The number of carbonyl (C=O) groups is 1. The SMILES string of the molecule is CCn1cc(COC(c2ccc(C)c(CNS(=O)(=O)c3ccccc3Cc3ccccc3)c2)C(C)(C)C(=O)O)nn1. The number of hydrogen-bond acceptors (Lipinski definition) is 6. The third-order valence-electron chi connectivity index (χ3n) is 7.14. The summed E-state index contributed by atoms with van der Waals surface area (Å²) in [5.41, 5.74) is 3.25. The van der Waals surface area contributed by atoms with Gasteiger partial charge in [-0.3, -0.25) is 9.48 Å². The summed E-state index contributed by atoms with van der Waals surface area (Å²) in [4.78, 5) is 12.5. The molecule has 0 saturated heterocycles. The van der Waals surface area contributed by atoms with Gasteiger partial charge in [0, 0.05) is 13.1 Å². The van der Waals surface area contributed by atoms with Crippen molar-refractivity contribution in [2.24, 2.45) is 5.41 Å². The molecule has 4 aromatic rings. The van der Waals surface area contributed by atoms with Gasteiger partial charge in [0.2, 0.25) is 10.0 Å². The lowest BCUT2D eigenvalue weighted by atomic mass is 9.81. The van der Waals surface area contributed by atoms with Crippen LogP contribution >= 0.6 is 0 Å². The highest BCUT2D eigenvalue weighted by Gasteiger charge is 2.39. The van der Waals surface area contributed by atoms with Crippen molar-refractivity contribution in [3.8, 4) is 0 Å². The van der Waals surface area contributed by atoms with E-state index in [1.54, 1.807) is 36.9 Å². The molecule has 1 unspecified atom stereocenters. The predicted molar refractivity (Wildman–Crippen MR) is 156 cm³/mol. The first-order chi connectivity index (χ1) is 19.5. The number of carboxylic acid groups (broad SMARTS) is 1. The van der Waals surface area contributed by atoms with Crippen molar-refractivity contribution in [3.05, 3.63) is 113 Å². The summed E-state index contributed by atoms with van der Waals surface area (Å²) in [6.45, 7) is 7.81. The molecule has 0 spiro atoms. The van der Waals surface area contributed by atoms with Crippen molar-refractivity contribution in [1.29, 1.82) is 0 Å². The van der Waals surface area contributed by atoms with Crippen molar-refractivity contribution < 1.29 is 23.1 Å². The summed E-state index contributed by atoms with van der Waals surface area (Å²) in [5, 5.41) is 18.1. The van der Waals surface area contributed by atoms with Gasteiger partial charge in [-0.05, 0) is 68.0 Å². The Balaban J connectivity index is 1.57. The van der Waals surface area contributed by atoms with Crippen molar-refractivity contribution >= 4 is 16.0 Å². The quantitative estimate of drug-likeness (QED) is 0.228. The second-order valence-corrected chi connectivity index (χ2v) is 12.3. The average Bonchev–Trinajstić information content (AvgIpc) is 3.42. The number of aliphatic carboxylic acids is 1. The summed E-state index contributed by atoms with van der Waals surface area (Å²) in [5.74, 6) is -1.02. The Morgan fingerprint density at radius 3 is 2.44 bits per heavy atom. The van der Waals surface area contributed by atoms with Gasteiger partial charge in [-0.1, -0.05) is 71.9 Å². The smallest absolute Gasteiger partial charge is 0.312 e. The zero-order valence-electron chi connectivity index (χ0n) is 23.7. The predicted octanol–water partition coefficient (Wildman–Crippen LogP) is 5.04. The molecule has 0 aliphatic carbocycles. The first-order valence-electron chi connectivity index (χ1n) is 13.5. The number of nitrogens with zero attached hydrogens (tertiary/aromatic N) is 3. The molecule has 41 heavy (non-hydrogen) atoms. The first kappa shape index (κ1) is 30.1. The van der Waals surface area contributed by atoms with Crippen LogP contribution in [0, 0.1) is 12.3 Å². The maximum absolute atomic E-state index is 13.5. The number of nitrogens with one attached hydrogen (secondary N) is 1. The van der Waals surface area contributed by atoms with Crippen LogP contribution in [0.25, 0.3) is 0 Å². The molecule has 0 bridgehead atoms. The van der Waals surface area contributed by atoms with E-state index in [9.17, 15) is 18.3 Å².